The van der Waals surface area contributed by atoms with Crippen LogP contribution in [0.4, 0.5) is 0 Å². The highest BCUT2D eigenvalue weighted by molar-refractivity contribution is 5.76. The monoisotopic (exact) mass is 221 g/mol. The van der Waals surface area contributed by atoms with Crippen molar-refractivity contribution in [2.75, 3.05) is 0 Å². The molecule has 1 N–H and O–H groups in total. The highest BCUT2D eigenvalue weighted by Gasteiger charge is 2.31. The van der Waals surface area contributed by atoms with Crippen molar-refractivity contribution in [3.8, 4) is 5.75 Å². The zero-order chi connectivity index (χ0) is 11.9. The molecule has 1 unspecified atom stereocenters. The Hall–Kier alpha value is -1.58. The highest BCUT2D eigenvalue weighted by atomic mass is 16.5. The SMILES string of the molecule is Cc1cc2c(c(=O)[nH]1)C(C(C)C)CC(=O)O2. The Bertz CT molecular complexity index is 488. The van der Waals surface area contributed by atoms with E-state index in [9.17, 15) is 9.59 Å². The lowest BCUT2D eigenvalue weighted by molar-refractivity contribution is -0.136. The quantitative estimate of drug-likeness (QED) is 0.735. The molecule has 0 spiro atoms. The Morgan fingerprint density at radius 2 is 2.12 bits per heavy atom. The molecular weight excluding hydrogens is 206 g/mol. The molecule has 0 aromatic carbocycles. The summed E-state index contributed by atoms with van der Waals surface area (Å²) in [6.45, 7) is 5.78. The molecule has 1 atom stereocenters. The number of carbonyl (C=O) groups excluding carboxylic acids is 1. The predicted molar refractivity (Wildman–Crippen MR) is 59.6 cm³/mol. The van der Waals surface area contributed by atoms with E-state index in [0.717, 1.165) is 0 Å². The van der Waals surface area contributed by atoms with Crippen molar-refractivity contribution in [3.63, 3.8) is 0 Å². The van der Waals surface area contributed by atoms with Crippen LogP contribution in [0.1, 0.15) is 37.4 Å². The number of nitrogens with one attached hydrogen (secondary N) is 1. The van der Waals surface area contributed by atoms with Gasteiger partial charge in [0.2, 0.25) is 0 Å². The molecule has 0 amide bonds. The first kappa shape index (κ1) is 10.9. The van der Waals surface area contributed by atoms with Gasteiger partial charge in [0, 0.05) is 17.7 Å². The lowest BCUT2D eigenvalue weighted by atomic mass is 9.84. The number of aryl methyl sites for hydroxylation is 1. The zero-order valence-corrected chi connectivity index (χ0v) is 9.66. The Balaban J connectivity index is 2.61. The third-order valence-electron chi connectivity index (χ3n) is 2.95. The largest absolute Gasteiger partial charge is 0.426 e. The summed E-state index contributed by atoms with van der Waals surface area (Å²) in [6, 6.07) is 1.71. The number of aromatic nitrogens is 1. The molecule has 0 saturated carbocycles. The molecule has 1 aromatic heterocycles. The lowest BCUT2D eigenvalue weighted by Gasteiger charge is -2.26. The van der Waals surface area contributed by atoms with Crippen molar-refractivity contribution in [2.24, 2.45) is 5.92 Å². The number of fused-ring (bicyclic) bond motifs is 1. The average Bonchev–Trinajstić information content (AvgIpc) is 2.14. The van der Waals surface area contributed by atoms with Crippen LogP contribution in [-0.4, -0.2) is 11.0 Å². The van der Waals surface area contributed by atoms with Crippen LogP contribution in [0.25, 0.3) is 0 Å². The van der Waals surface area contributed by atoms with Crippen molar-refractivity contribution in [1.82, 2.24) is 4.98 Å². The molecule has 1 aromatic rings. The number of H-pyrrole nitrogens is 1. The van der Waals surface area contributed by atoms with Gasteiger partial charge in [-0.1, -0.05) is 13.8 Å². The van der Waals surface area contributed by atoms with E-state index in [4.69, 9.17) is 4.74 Å². The van der Waals surface area contributed by atoms with Crippen molar-refractivity contribution in [2.45, 2.75) is 33.1 Å². The number of hydrogen-bond donors (Lipinski definition) is 1. The molecule has 86 valence electrons. The molecule has 2 rings (SSSR count). The molecule has 0 fully saturated rings. The van der Waals surface area contributed by atoms with Crippen LogP contribution in [0, 0.1) is 12.8 Å². The van der Waals surface area contributed by atoms with Crippen LogP contribution in [0.3, 0.4) is 0 Å². The summed E-state index contributed by atoms with van der Waals surface area (Å²) in [7, 11) is 0. The maximum absolute atomic E-state index is 11.9. The smallest absolute Gasteiger partial charge is 0.311 e. The van der Waals surface area contributed by atoms with Gasteiger partial charge in [0.25, 0.3) is 5.56 Å². The molecule has 0 radical (unpaired) electrons. The van der Waals surface area contributed by atoms with E-state index >= 15 is 0 Å². The van der Waals surface area contributed by atoms with Crippen molar-refractivity contribution in [3.05, 3.63) is 27.7 Å². The maximum atomic E-state index is 11.9. The summed E-state index contributed by atoms with van der Waals surface area (Å²) < 4.78 is 5.11. The first-order valence-corrected chi connectivity index (χ1v) is 5.43. The van der Waals surface area contributed by atoms with Gasteiger partial charge in [-0.2, -0.15) is 0 Å². The molecular formula is C12H15NO3. The second-order valence-electron chi connectivity index (χ2n) is 4.59. The minimum Gasteiger partial charge on any atom is -0.426 e. The first-order chi connectivity index (χ1) is 7.49. The van der Waals surface area contributed by atoms with Crippen LogP contribution < -0.4 is 10.3 Å². The summed E-state index contributed by atoms with van der Waals surface area (Å²) in [5, 5.41) is 0. The van der Waals surface area contributed by atoms with Gasteiger partial charge in [-0.15, -0.1) is 0 Å². The summed E-state index contributed by atoms with van der Waals surface area (Å²) in [5.41, 5.74) is 1.18. The first-order valence-electron chi connectivity index (χ1n) is 5.43. The number of aromatic amines is 1. The van der Waals surface area contributed by atoms with Gasteiger partial charge in [-0.3, -0.25) is 9.59 Å². The molecule has 0 aliphatic carbocycles. The molecule has 0 bridgehead atoms. The highest BCUT2D eigenvalue weighted by Crippen LogP contribution is 2.36. The molecule has 1 aliphatic rings. The second-order valence-corrected chi connectivity index (χ2v) is 4.59. The fourth-order valence-electron chi connectivity index (χ4n) is 2.12. The van der Waals surface area contributed by atoms with E-state index in [-0.39, 0.29) is 29.8 Å². The van der Waals surface area contributed by atoms with Crippen LogP contribution >= 0.6 is 0 Å². The van der Waals surface area contributed by atoms with Gasteiger partial charge in [-0.25, -0.2) is 0 Å². The van der Waals surface area contributed by atoms with Crippen molar-refractivity contribution in [1.29, 1.82) is 0 Å². The molecule has 4 nitrogen and oxygen atoms in total. The van der Waals surface area contributed by atoms with Crippen molar-refractivity contribution < 1.29 is 9.53 Å². The van der Waals surface area contributed by atoms with Crippen LogP contribution in [0.2, 0.25) is 0 Å². The van der Waals surface area contributed by atoms with E-state index in [2.05, 4.69) is 4.98 Å². The minimum atomic E-state index is -0.254. The minimum absolute atomic E-state index is 0.0411. The normalized spacial score (nSPS) is 19.5. The maximum Gasteiger partial charge on any atom is 0.311 e. The van der Waals surface area contributed by atoms with Gasteiger partial charge in [0.1, 0.15) is 5.75 Å². The summed E-state index contributed by atoms with van der Waals surface area (Å²) in [4.78, 5) is 26.0. The Kier molecular flexibility index (Phi) is 2.58. The third-order valence-corrected chi connectivity index (χ3v) is 2.95. The molecule has 0 saturated heterocycles. The van der Waals surface area contributed by atoms with Crippen molar-refractivity contribution >= 4 is 5.97 Å². The Morgan fingerprint density at radius 1 is 1.44 bits per heavy atom. The van der Waals surface area contributed by atoms with Crippen LogP contribution in [0.5, 0.6) is 5.75 Å². The Morgan fingerprint density at radius 3 is 2.75 bits per heavy atom. The van der Waals surface area contributed by atoms with Gasteiger partial charge >= 0.3 is 5.97 Å². The molecule has 16 heavy (non-hydrogen) atoms. The summed E-state index contributed by atoms with van der Waals surface area (Å²) in [6.07, 6.45) is 0.288. The standard InChI is InChI=1S/C12H15NO3/c1-6(2)8-5-10(14)16-9-4-7(3)13-12(15)11(8)9/h4,6,8H,5H2,1-3H3,(H,13,15). The number of rotatable bonds is 1. The molecule has 4 heteroatoms. The van der Waals surface area contributed by atoms with Gasteiger partial charge in [-0.05, 0) is 12.8 Å². The Labute approximate surface area is 93.6 Å². The average molecular weight is 221 g/mol. The number of hydrogen-bond acceptors (Lipinski definition) is 3. The second kappa shape index (κ2) is 3.77. The zero-order valence-electron chi connectivity index (χ0n) is 9.66. The van der Waals surface area contributed by atoms with Gasteiger partial charge in [0.15, 0.2) is 0 Å². The number of ether oxygens (including phenoxy) is 1. The van der Waals surface area contributed by atoms with E-state index in [1.54, 1.807) is 13.0 Å². The summed E-state index contributed by atoms with van der Waals surface area (Å²) in [5.74, 6) is 0.378. The number of esters is 1. The third kappa shape index (κ3) is 1.75. The fourth-order valence-corrected chi connectivity index (χ4v) is 2.12. The molecule has 2 heterocycles. The van der Waals surface area contributed by atoms with Crippen LogP contribution in [0.15, 0.2) is 10.9 Å². The van der Waals surface area contributed by atoms with Crippen LogP contribution in [-0.2, 0) is 4.79 Å². The summed E-state index contributed by atoms with van der Waals surface area (Å²) >= 11 is 0. The van der Waals surface area contributed by atoms with E-state index in [1.165, 1.54) is 0 Å². The van der Waals surface area contributed by atoms with Gasteiger partial charge < -0.3 is 9.72 Å². The van der Waals surface area contributed by atoms with E-state index in [1.807, 2.05) is 13.8 Å². The number of carbonyl (C=O) groups is 1. The fraction of sp³-hybridized carbons (Fsp3) is 0.500. The predicted octanol–water partition coefficient (Wildman–Crippen LogP) is 1.73. The lowest BCUT2D eigenvalue weighted by Crippen LogP contribution is -2.30. The van der Waals surface area contributed by atoms with E-state index in [0.29, 0.717) is 17.0 Å². The topological polar surface area (TPSA) is 59.2 Å². The number of pyridine rings is 1. The van der Waals surface area contributed by atoms with Gasteiger partial charge in [0.05, 0.1) is 12.0 Å². The van der Waals surface area contributed by atoms with E-state index < -0.39 is 0 Å². The molecule has 1 aliphatic heterocycles.